The van der Waals surface area contributed by atoms with Gasteiger partial charge in [-0.05, 0) is 30.3 Å². The molecule has 0 fully saturated rings. The van der Waals surface area contributed by atoms with Gasteiger partial charge in [0.2, 0.25) is 0 Å². The largest absolute Gasteiger partial charge is 0.497 e. The van der Waals surface area contributed by atoms with Crippen molar-refractivity contribution in [2.75, 3.05) is 25.3 Å². The monoisotopic (exact) mass is 283 g/mol. The van der Waals surface area contributed by atoms with Gasteiger partial charge in [-0.3, -0.25) is 0 Å². The number of nitriles is 1. The molecule has 108 valence electrons. The van der Waals surface area contributed by atoms with Crippen LogP contribution in [-0.2, 0) is 6.54 Å². The van der Waals surface area contributed by atoms with Gasteiger partial charge in [0.05, 0.1) is 25.5 Å². The Kier molecular flexibility index (Phi) is 4.52. The molecule has 21 heavy (non-hydrogen) atoms. The highest BCUT2D eigenvalue weighted by molar-refractivity contribution is 5.61. The van der Waals surface area contributed by atoms with E-state index in [1.807, 2.05) is 12.1 Å². The SMILES string of the molecule is COc1ccc(C#N)c(NCc2cc(N)ccc2OC)c1. The lowest BCUT2D eigenvalue weighted by atomic mass is 10.1. The van der Waals surface area contributed by atoms with Gasteiger partial charge < -0.3 is 20.5 Å². The van der Waals surface area contributed by atoms with E-state index in [1.54, 1.807) is 38.5 Å². The summed E-state index contributed by atoms with van der Waals surface area (Å²) < 4.78 is 10.5. The molecule has 0 aliphatic rings. The van der Waals surface area contributed by atoms with Crippen LogP contribution in [0.5, 0.6) is 11.5 Å². The molecule has 0 amide bonds. The molecular formula is C16H17N3O2. The summed E-state index contributed by atoms with van der Waals surface area (Å²) in [6, 6.07) is 12.9. The van der Waals surface area contributed by atoms with Gasteiger partial charge in [-0.1, -0.05) is 0 Å². The summed E-state index contributed by atoms with van der Waals surface area (Å²) >= 11 is 0. The van der Waals surface area contributed by atoms with E-state index in [0.29, 0.717) is 29.2 Å². The first-order valence-electron chi connectivity index (χ1n) is 6.42. The Morgan fingerprint density at radius 1 is 1.14 bits per heavy atom. The zero-order valence-corrected chi connectivity index (χ0v) is 12.0. The van der Waals surface area contributed by atoms with Crippen LogP contribution >= 0.6 is 0 Å². The average molecular weight is 283 g/mol. The standard InChI is InChI=1S/C16H17N3O2/c1-20-14-5-3-11(9-17)15(8-14)19-10-12-7-13(18)4-6-16(12)21-2/h3-8,19H,10,18H2,1-2H3. The predicted octanol–water partition coefficient (Wildman–Crippen LogP) is 2.77. The second-order valence-corrected chi connectivity index (χ2v) is 4.45. The van der Waals surface area contributed by atoms with Crippen LogP contribution in [0.2, 0.25) is 0 Å². The Morgan fingerprint density at radius 3 is 2.62 bits per heavy atom. The van der Waals surface area contributed by atoms with Crippen molar-refractivity contribution in [3.8, 4) is 17.6 Å². The number of nitrogens with zero attached hydrogens (tertiary/aromatic N) is 1. The Labute approximate surface area is 123 Å². The fraction of sp³-hybridized carbons (Fsp3) is 0.188. The lowest BCUT2D eigenvalue weighted by Gasteiger charge is -2.13. The number of ether oxygens (including phenoxy) is 2. The zero-order chi connectivity index (χ0) is 15.2. The number of rotatable bonds is 5. The number of anilines is 2. The van der Waals surface area contributed by atoms with Crippen LogP contribution in [-0.4, -0.2) is 14.2 Å². The van der Waals surface area contributed by atoms with Crippen LogP contribution in [0, 0.1) is 11.3 Å². The lowest BCUT2D eigenvalue weighted by Crippen LogP contribution is -2.04. The first-order chi connectivity index (χ1) is 10.2. The van der Waals surface area contributed by atoms with Gasteiger partial charge in [0, 0.05) is 23.9 Å². The van der Waals surface area contributed by atoms with Crippen LogP contribution in [0.15, 0.2) is 36.4 Å². The number of nitrogens with two attached hydrogens (primary N) is 1. The predicted molar refractivity (Wildman–Crippen MR) is 82.4 cm³/mol. The molecule has 0 aliphatic carbocycles. The molecule has 0 heterocycles. The maximum atomic E-state index is 9.15. The van der Waals surface area contributed by atoms with Crippen LogP contribution in [0.4, 0.5) is 11.4 Å². The number of benzene rings is 2. The Morgan fingerprint density at radius 2 is 1.95 bits per heavy atom. The normalized spacial score (nSPS) is 9.76. The van der Waals surface area contributed by atoms with Crippen LogP contribution < -0.4 is 20.5 Å². The second-order valence-electron chi connectivity index (χ2n) is 4.45. The van der Waals surface area contributed by atoms with Crippen molar-refractivity contribution in [2.45, 2.75) is 6.54 Å². The fourth-order valence-electron chi connectivity index (χ4n) is 2.02. The van der Waals surface area contributed by atoms with Crippen LogP contribution in [0.1, 0.15) is 11.1 Å². The van der Waals surface area contributed by atoms with Gasteiger partial charge in [0.15, 0.2) is 0 Å². The molecule has 3 N–H and O–H groups in total. The molecule has 0 spiro atoms. The number of hydrogen-bond acceptors (Lipinski definition) is 5. The summed E-state index contributed by atoms with van der Waals surface area (Å²) in [5.74, 6) is 1.44. The summed E-state index contributed by atoms with van der Waals surface area (Å²) in [4.78, 5) is 0. The average Bonchev–Trinajstić information content (AvgIpc) is 2.52. The maximum absolute atomic E-state index is 9.15. The van der Waals surface area contributed by atoms with Crippen LogP contribution in [0.25, 0.3) is 0 Å². The minimum atomic E-state index is 0.496. The molecule has 0 unspecified atom stereocenters. The highest BCUT2D eigenvalue weighted by Crippen LogP contribution is 2.25. The topological polar surface area (TPSA) is 80.3 Å². The van der Waals surface area contributed by atoms with Gasteiger partial charge >= 0.3 is 0 Å². The van der Waals surface area contributed by atoms with Gasteiger partial charge in [0.25, 0.3) is 0 Å². The molecule has 0 aliphatic heterocycles. The molecule has 0 atom stereocenters. The van der Waals surface area contributed by atoms with E-state index >= 15 is 0 Å². The number of nitrogen functional groups attached to an aromatic ring is 1. The van der Waals surface area contributed by atoms with Crippen molar-refractivity contribution in [3.63, 3.8) is 0 Å². The van der Waals surface area contributed by atoms with Gasteiger partial charge in [-0.15, -0.1) is 0 Å². The molecule has 0 saturated carbocycles. The summed E-state index contributed by atoms with van der Waals surface area (Å²) in [6.07, 6.45) is 0. The number of nitrogens with one attached hydrogen (secondary N) is 1. The molecule has 5 nitrogen and oxygen atoms in total. The fourth-order valence-corrected chi connectivity index (χ4v) is 2.02. The van der Waals surface area contributed by atoms with E-state index in [1.165, 1.54) is 0 Å². The Hall–Kier alpha value is -2.87. The molecule has 0 aromatic heterocycles. The van der Waals surface area contributed by atoms with E-state index in [0.717, 1.165) is 11.3 Å². The third kappa shape index (κ3) is 3.37. The Bertz CT molecular complexity index is 678. The van der Waals surface area contributed by atoms with Crippen molar-refractivity contribution in [1.82, 2.24) is 0 Å². The van der Waals surface area contributed by atoms with Crippen molar-refractivity contribution >= 4 is 11.4 Å². The Balaban J connectivity index is 2.24. The van der Waals surface area contributed by atoms with E-state index in [2.05, 4.69) is 11.4 Å². The third-order valence-corrected chi connectivity index (χ3v) is 3.12. The molecule has 0 bridgehead atoms. The van der Waals surface area contributed by atoms with Crippen LogP contribution in [0.3, 0.4) is 0 Å². The quantitative estimate of drug-likeness (QED) is 0.825. The van der Waals surface area contributed by atoms with Gasteiger partial charge in [-0.2, -0.15) is 5.26 Å². The maximum Gasteiger partial charge on any atom is 0.123 e. The highest BCUT2D eigenvalue weighted by atomic mass is 16.5. The second kappa shape index (κ2) is 6.53. The first kappa shape index (κ1) is 14.5. The molecule has 2 aromatic carbocycles. The minimum absolute atomic E-state index is 0.496. The molecule has 0 radical (unpaired) electrons. The van der Waals surface area contributed by atoms with E-state index in [4.69, 9.17) is 20.5 Å². The smallest absolute Gasteiger partial charge is 0.123 e. The van der Waals surface area contributed by atoms with E-state index in [9.17, 15) is 0 Å². The minimum Gasteiger partial charge on any atom is -0.497 e. The van der Waals surface area contributed by atoms with Gasteiger partial charge in [0.1, 0.15) is 17.6 Å². The van der Waals surface area contributed by atoms with E-state index < -0.39 is 0 Å². The van der Waals surface area contributed by atoms with Crippen molar-refractivity contribution in [1.29, 1.82) is 5.26 Å². The lowest BCUT2D eigenvalue weighted by molar-refractivity contribution is 0.410. The van der Waals surface area contributed by atoms with Crippen molar-refractivity contribution < 1.29 is 9.47 Å². The molecular weight excluding hydrogens is 266 g/mol. The molecule has 2 rings (SSSR count). The van der Waals surface area contributed by atoms with Crippen molar-refractivity contribution in [3.05, 3.63) is 47.5 Å². The first-order valence-corrected chi connectivity index (χ1v) is 6.42. The van der Waals surface area contributed by atoms with E-state index in [-0.39, 0.29) is 0 Å². The molecule has 0 saturated heterocycles. The number of hydrogen-bond donors (Lipinski definition) is 2. The summed E-state index contributed by atoms with van der Waals surface area (Å²) in [5.41, 5.74) is 8.65. The summed E-state index contributed by atoms with van der Waals surface area (Å²) in [7, 11) is 3.20. The third-order valence-electron chi connectivity index (χ3n) is 3.12. The molecule has 2 aromatic rings. The van der Waals surface area contributed by atoms with Crippen molar-refractivity contribution in [2.24, 2.45) is 0 Å². The summed E-state index contributed by atoms with van der Waals surface area (Å²) in [6.45, 7) is 0.496. The van der Waals surface area contributed by atoms with Gasteiger partial charge in [-0.25, -0.2) is 0 Å². The highest BCUT2D eigenvalue weighted by Gasteiger charge is 2.07. The zero-order valence-electron chi connectivity index (χ0n) is 12.0. The molecule has 5 heteroatoms. The summed E-state index contributed by atoms with van der Waals surface area (Å²) in [5, 5.41) is 12.4. The number of methoxy groups -OCH3 is 2.